The minimum atomic E-state index is -1.22. The average molecular weight is 401 g/mol. The van der Waals surface area contributed by atoms with Gasteiger partial charge in [-0.1, -0.05) is 17.8 Å². The van der Waals surface area contributed by atoms with E-state index in [0.717, 1.165) is 17.2 Å². The Kier molecular flexibility index (Phi) is 5.42. The fourth-order valence-electron chi connectivity index (χ4n) is 3.18. The van der Waals surface area contributed by atoms with Crippen molar-refractivity contribution < 1.29 is 14.3 Å². The highest BCUT2D eigenvalue weighted by Gasteiger charge is 2.19. The highest BCUT2D eigenvalue weighted by atomic mass is 32.2. The van der Waals surface area contributed by atoms with Gasteiger partial charge in [0.2, 0.25) is 0 Å². The Bertz CT molecular complexity index is 1140. The molecule has 0 bridgehead atoms. The van der Waals surface area contributed by atoms with Gasteiger partial charge in [-0.25, -0.2) is 14.2 Å². The topological polar surface area (TPSA) is 84.2 Å². The normalized spacial score (nSPS) is 12.2. The third-order valence-corrected chi connectivity index (χ3v) is 5.28. The number of aryl methyl sites for hydroxylation is 1. The van der Waals surface area contributed by atoms with Gasteiger partial charge in [0.15, 0.2) is 5.16 Å². The predicted octanol–water partition coefficient (Wildman–Crippen LogP) is 3.97. The quantitative estimate of drug-likeness (QED) is 0.497. The van der Waals surface area contributed by atoms with Crippen LogP contribution in [0, 0.1) is 12.7 Å². The lowest BCUT2D eigenvalue weighted by atomic mass is 10.0. The van der Waals surface area contributed by atoms with Gasteiger partial charge < -0.3 is 10.4 Å². The zero-order valence-electron chi connectivity index (χ0n) is 15.9. The molecule has 3 aromatic rings. The standard InChI is InChI=1S/C20H20FN3O3S/c1-10-7-13(17-15(8-10)18(25)24(3)20(23-17)28-4)11(2)22-16-6-5-12(21)9-14(16)19(26)27/h5-9,11,22H,1-4H3,(H,26,27)/t11-/m1/s1. The molecule has 0 amide bonds. The number of rotatable bonds is 5. The van der Waals surface area contributed by atoms with Crippen LogP contribution in [0.5, 0.6) is 0 Å². The highest BCUT2D eigenvalue weighted by molar-refractivity contribution is 7.98. The van der Waals surface area contributed by atoms with E-state index in [1.54, 1.807) is 13.1 Å². The second-order valence-corrected chi connectivity index (χ2v) is 7.35. The summed E-state index contributed by atoms with van der Waals surface area (Å²) in [4.78, 5) is 28.8. The molecule has 0 saturated carbocycles. The molecule has 0 aliphatic carbocycles. The van der Waals surface area contributed by atoms with E-state index in [4.69, 9.17) is 0 Å². The Hall–Kier alpha value is -2.87. The monoisotopic (exact) mass is 401 g/mol. The number of nitrogens with zero attached hydrogens (tertiary/aromatic N) is 2. The first-order valence-electron chi connectivity index (χ1n) is 8.57. The molecule has 8 heteroatoms. The van der Waals surface area contributed by atoms with Gasteiger partial charge >= 0.3 is 5.97 Å². The van der Waals surface area contributed by atoms with E-state index in [9.17, 15) is 19.1 Å². The number of halogens is 1. The van der Waals surface area contributed by atoms with E-state index < -0.39 is 11.8 Å². The van der Waals surface area contributed by atoms with Crippen molar-refractivity contribution in [2.75, 3.05) is 11.6 Å². The van der Waals surface area contributed by atoms with Crippen LogP contribution >= 0.6 is 11.8 Å². The molecule has 0 saturated heterocycles. The Morgan fingerprint density at radius 2 is 2.04 bits per heavy atom. The van der Waals surface area contributed by atoms with Crippen molar-refractivity contribution in [3.05, 3.63) is 63.2 Å². The second kappa shape index (κ2) is 7.63. The molecule has 0 aliphatic heterocycles. The lowest BCUT2D eigenvalue weighted by molar-refractivity contribution is 0.0697. The van der Waals surface area contributed by atoms with Gasteiger partial charge in [0, 0.05) is 18.3 Å². The number of hydrogen-bond acceptors (Lipinski definition) is 5. The third-order valence-electron chi connectivity index (χ3n) is 4.55. The summed E-state index contributed by atoms with van der Waals surface area (Å²) < 4.78 is 15.0. The molecule has 6 nitrogen and oxygen atoms in total. The van der Waals surface area contributed by atoms with Crippen molar-refractivity contribution in [1.82, 2.24) is 9.55 Å². The molecular weight excluding hydrogens is 381 g/mol. The molecule has 3 rings (SSSR count). The summed E-state index contributed by atoms with van der Waals surface area (Å²) >= 11 is 1.37. The molecule has 0 unspecified atom stereocenters. The van der Waals surface area contributed by atoms with Crippen molar-refractivity contribution in [3.8, 4) is 0 Å². The van der Waals surface area contributed by atoms with Crippen LogP contribution in [-0.2, 0) is 7.05 Å². The summed E-state index contributed by atoms with van der Waals surface area (Å²) in [7, 11) is 1.68. The van der Waals surface area contributed by atoms with Crippen molar-refractivity contribution in [2.45, 2.75) is 25.0 Å². The summed E-state index contributed by atoms with van der Waals surface area (Å²) in [6.07, 6.45) is 1.85. The van der Waals surface area contributed by atoms with Gasteiger partial charge in [0.05, 0.1) is 22.5 Å². The summed E-state index contributed by atoms with van der Waals surface area (Å²) in [5.41, 5.74) is 2.23. The molecule has 1 atom stereocenters. The first-order chi connectivity index (χ1) is 13.2. The van der Waals surface area contributed by atoms with E-state index in [2.05, 4.69) is 10.3 Å². The van der Waals surface area contributed by atoms with Crippen molar-refractivity contribution in [2.24, 2.45) is 7.05 Å². The molecule has 2 aromatic carbocycles. The first-order valence-corrected chi connectivity index (χ1v) is 9.80. The number of aromatic nitrogens is 2. The van der Waals surface area contributed by atoms with Gasteiger partial charge in [-0.05, 0) is 49.9 Å². The van der Waals surface area contributed by atoms with Crippen LogP contribution in [-0.4, -0.2) is 26.9 Å². The number of thioether (sulfide) groups is 1. The van der Waals surface area contributed by atoms with Crippen LogP contribution in [0.25, 0.3) is 10.9 Å². The van der Waals surface area contributed by atoms with Crippen molar-refractivity contribution >= 4 is 34.3 Å². The highest BCUT2D eigenvalue weighted by Crippen LogP contribution is 2.29. The number of aromatic carboxylic acids is 1. The molecule has 146 valence electrons. The van der Waals surface area contributed by atoms with E-state index >= 15 is 0 Å². The SMILES string of the molecule is CSc1nc2c([C@@H](C)Nc3ccc(F)cc3C(=O)O)cc(C)cc2c(=O)n1C. The van der Waals surface area contributed by atoms with Crippen LogP contribution in [0.4, 0.5) is 10.1 Å². The van der Waals surface area contributed by atoms with Crippen LogP contribution in [0.1, 0.15) is 34.5 Å². The maximum atomic E-state index is 13.5. The molecule has 1 heterocycles. The zero-order chi connectivity index (χ0) is 20.6. The molecule has 0 radical (unpaired) electrons. The summed E-state index contributed by atoms with van der Waals surface area (Å²) in [5, 5.41) is 13.6. The summed E-state index contributed by atoms with van der Waals surface area (Å²) in [6, 6.07) is 6.93. The van der Waals surface area contributed by atoms with E-state index in [1.165, 1.54) is 28.5 Å². The fourth-order valence-corrected chi connectivity index (χ4v) is 3.72. The number of benzene rings is 2. The zero-order valence-corrected chi connectivity index (χ0v) is 16.7. The fraction of sp³-hybridized carbons (Fsp3) is 0.250. The lowest BCUT2D eigenvalue weighted by Crippen LogP contribution is -2.21. The molecule has 28 heavy (non-hydrogen) atoms. The Labute approximate surface area is 165 Å². The summed E-state index contributed by atoms with van der Waals surface area (Å²) in [5.74, 6) is -1.84. The van der Waals surface area contributed by atoms with E-state index in [1.807, 2.05) is 26.2 Å². The van der Waals surface area contributed by atoms with Gasteiger partial charge in [0.25, 0.3) is 5.56 Å². The molecule has 0 aliphatic rings. The van der Waals surface area contributed by atoms with Gasteiger partial charge in [-0.2, -0.15) is 0 Å². The number of nitrogens with one attached hydrogen (secondary N) is 1. The largest absolute Gasteiger partial charge is 0.478 e. The molecule has 2 N–H and O–H groups in total. The lowest BCUT2D eigenvalue weighted by Gasteiger charge is -2.20. The van der Waals surface area contributed by atoms with Crippen LogP contribution in [0.2, 0.25) is 0 Å². The minimum Gasteiger partial charge on any atom is -0.478 e. The number of carboxylic acid groups (broad SMARTS) is 1. The molecule has 0 fully saturated rings. The maximum absolute atomic E-state index is 13.5. The van der Waals surface area contributed by atoms with Crippen LogP contribution < -0.4 is 10.9 Å². The maximum Gasteiger partial charge on any atom is 0.337 e. The number of anilines is 1. The number of carboxylic acids is 1. The van der Waals surface area contributed by atoms with Crippen LogP contribution in [0.15, 0.2) is 40.3 Å². The average Bonchev–Trinajstić information content (AvgIpc) is 2.65. The summed E-state index contributed by atoms with van der Waals surface area (Å²) in [6.45, 7) is 3.74. The smallest absolute Gasteiger partial charge is 0.337 e. The van der Waals surface area contributed by atoms with Gasteiger partial charge in [0.1, 0.15) is 5.82 Å². The van der Waals surface area contributed by atoms with Gasteiger partial charge in [-0.3, -0.25) is 9.36 Å². The molecular formula is C20H20FN3O3S. The number of hydrogen-bond donors (Lipinski definition) is 2. The predicted molar refractivity (Wildman–Crippen MR) is 109 cm³/mol. The van der Waals surface area contributed by atoms with Crippen molar-refractivity contribution in [3.63, 3.8) is 0 Å². The van der Waals surface area contributed by atoms with Crippen LogP contribution in [0.3, 0.4) is 0 Å². The minimum absolute atomic E-state index is 0.139. The number of fused-ring (bicyclic) bond motifs is 1. The Balaban J connectivity index is 2.15. The van der Waals surface area contributed by atoms with E-state index in [-0.39, 0.29) is 17.2 Å². The van der Waals surface area contributed by atoms with Gasteiger partial charge in [-0.15, -0.1) is 0 Å². The second-order valence-electron chi connectivity index (χ2n) is 6.57. The van der Waals surface area contributed by atoms with E-state index in [0.29, 0.717) is 21.7 Å². The number of carbonyl (C=O) groups is 1. The first kappa shape index (κ1) is 19.9. The molecule has 0 spiro atoms. The Morgan fingerprint density at radius 3 is 2.68 bits per heavy atom. The molecule has 1 aromatic heterocycles. The third kappa shape index (κ3) is 3.60. The van der Waals surface area contributed by atoms with Crippen molar-refractivity contribution in [1.29, 1.82) is 0 Å². The Morgan fingerprint density at radius 1 is 1.32 bits per heavy atom.